The molecule has 0 radical (unpaired) electrons. The molecule has 29 heavy (non-hydrogen) atoms. The van der Waals surface area contributed by atoms with Crippen LogP contribution < -0.4 is 10.1 Å². The topological polar surface area (TPSA) is 58.6 Å². The highest BCUT2D eigenvalue weighted by Gasteiger charge is 2.16. The van der Waals surface area contributed by atoms with E-state index in [9.17, 15) is 9.59 Å². The second kappa shape index (κ2) is 9.75. The molecule has 0 atom stereocenters. The number of nitrogens with zero attached hydrogens (tertiary/aromatic N) is 1. The minimum atomic E-state index is -0.328. The van der Waals surface area contributed by atoms with Gasteiger partial charge in [-0.05, 0) is 35.9 Å². The highest BCUT2D eigenvalue weighted by atomic mass is 35.5. The minimum Gasteiger partial charge on any atom is -0.489 e. The van der Waals surface area contributed by atoms with Crippen molar-refractivity contribution in [2.75, 3.05) is 18.9 Å². The first-order valence-corrected chi connectivity index (χ1v) is 9.47. The first kappa shape index (κ1) is 20.4. The van der Waals surface area contributed by atoms with Crippen LogP contribution in [0.4, 0.5) is 5.69 Å². The molecule has 0 aliphatic carbocycles. The van der Waals surface area contributed by atoms with E-state index in [-0.39, 0.29) is 18.4 Å². The lowest BCUT2D eigenvalue weighted by Gasteiger charge is -2.17. The Balaban J connectivity index is 1.59. The first-order valence-electron chi connectivity index (χ1n) is 9.09. The SMILES string of the molecule is CN(CC(=O)Nc1ccccc1Cl)C(=O)c1cccc(OCc2ccccc2)c1. The number of nitrogens with one attached hydrogen (secondary N) is 1. The second-order valence-electron chi connectivity index (χ2n) is 6.49. The first-order chi connectivity index (χ1) is 14.0. The third kappa shape index (κ3) is 5.83. The van der Waals surface area contributed by atoms with Crippen LogP contribution in [0.3, 0.4) is 0 Å². The van der Waals surface area contributed by atoms with Gasteiger partial charge in [0.2, 0.25) is 5.91 Å². The maximum absolute atomic E-state index is 12.7. The van der Waals surface area contributed by atoms with Gasteiger partial charge in [-0.2, -0.15) is 0 Å². The number of benzene rings is 3. The molecule has 0 aromatic heterocycles. The fourth-order valence-electron chi connectivity index (χ4n) is 2.72. The van der Waals surface area contributed by atoms with Gasteiger partial charge in [-0.1, -0.05) is 60.1 Å². The highest BCUT2D eigenvalue weighted by molar-refractivity contribution is 6.33. The molecule has 3 aromatic carbocycles. The van der Waals surface area contributed by atoms with E-state index in [1.54, 1.807) is 55.6 Å². The number of halogens is 1. The van der Waals surface area contributed by atoms with Crippen LogP contribution in [0.15, 0.2) is 78.9 Å². The predicted molar refractivity (Wildman–Crippen MR) is 114 cm³/mol. The maximum atomic E-state index is 12.7. The molecule has 0 heterocycles. The number of likely N-dealkylation sites (N-methyl/N-ethyl adjacent to an activating group) is 1. The number of ether oxygens (including phenoxy) is 1. The molecule has 6 heteroatoms. The van der Waals surface area contributed by atoms with E-state index in [2.05, 4.69) is 5.32 Å². The van der Waals surface area contributed by atoms with E-state index in [4.69, 9.17) is 16.3 Å². The largest absolute Gasteiger partial charge is 0.489 e. The average molecular weight is 409 g/mol. The summed E-state index contributed by atoms with van der Waals surface area (Å²) in [6, 6.07) is 23.6. The highest BCUT2D eigenvalue weighted by Crippen LogP contribution is 2.20. The van der Waals surface area contributed by atoms with Crippen molar-refractivity contribution in [2.24, 2.45) is 0 Å². The van der Waals surface area contributed by atoms with E-state index in [1.165, 1.54) is 4.90 Å². The molecule has 2 amide bonds. The zero-order valence-electron chi connectivity index (χ0n) is 16.0. The molecule has 148 valence electrons. The van der Waals surface area contributed by atoms with Crippen LogP contribution in [0.25, 0.3) is 0 Å². The fourth-order valence-corrected chi connectivity index (χ4v) is 2.90. The average Bonchev–Trinajstić information content (AvgIpc) is 2.74. The van der Waals surface area contributed by atoms with Crippen molar-refractivity contribution in [3.05, 3.63) is 95.0 Å². The number of anilines is 1. The van der Waals surface area contributed by atoms with Crippen LogP contribution in [0, 0.1) is 0 Å². The Bertz CT molecular complexity index is 992. The molecule has 0 saturated carbocycles. The Hall–Kier alpha value is -3.31. The Morgan fingerprint density at radius 1 is 0.966 bits per heavy atom. The van der Waals surface area contributed by atoms with Gasteiger partial charge < -0.3 is 15.0 Å². The summed E-state index contributed by atoms with van der Waals surface area (Å²) in [6.45, 7) is 0.313. The Kier molecular flexibility index (Phi) is 6.87. The van der Waals surface area contributed by atoms with Crippen LogP contribution in [-0.4, -0.2) is 30.3 Å². The molecule has 1 N–H and O–H groups in total. The quantitative estimate of drug-likeness (QED) is 0.620. The lowest BCUT2D eigenvalue weighted by atomic mass is 10.2. The normalized spacial score (nSPS) is 10.3. The summed E-state index contributed by atoms with van der Waals surface area (Å²) in [7, 11) is 1.58. The lowest BCUT2D eigenvalue weighted by Crippen LogP contribution is -2.35. The van der Waals surface area contributed by atoms with Gasteiger partial charge in [-0.3, -0.25) is 9.59 Å². The number of carbonyl (C=O) groups excluding carboxylic acids is 2. The van der Waals surface area contributed by atoms with Gasteiger partial charge >= 0.3 is 0 Å². The number of hydrogen-bond acceptors (Lipinski definition) is 3. The fraction of sp³-hybridized carbons (Fsp3) is 0.130. The molecule has 0 saturated heterocycles. The third-order valence-corrected chi connectivity index (χ3v) is 4.53. The molecular formula is C23H21ClN2O3. The van der Waals surface area contributed by atoms with Gasteiger partial charge in [0.25, 0.3) is 5.91 Å². The van der Waals surface area contributed by atoms with Gasteiger partial charge in [-0.15, -0.1) is 0 Å². The molecule has 3 rings (SSSR count). The van der Waals surface area contributed by atoms with Gasteiger partial charge in [0.1, 0.15) is 12.4 Å². The summed E-state index contributed by atoms with van der Waals surface area (Å²) in [5.74, 6) is -0.0106. The zero-order valence-corrected chi connectivity index (χ0v) is 16.7. The number of hydrogen-bond donors (Lipinski definition) is 1. The smallest absolute Gasteiger partial charge is 0.254 e. The van der Waals surface area contributed by atoms with Gasteiger partial charge in [0.05, 0.1) is 17.3 Å². The standard InChI is InChI=1S/C23H21ClN2O3/c1-26(15-22(27)25-21-13-6-5-12-20(21)24)23(28)18-10-7-11-19(14-18)29-16-17-8-3-2-4-9-17/h2-14H,15-16H2,1H3,(H,25,27). The molecule has 0 unspecified atom stereocenters. The molecule has 0 aliphatic rings. The lowest BCUT2D eigenvalue weighted by molar-refractivity contribution is -0.116. The monoisotopic (exact) mass is 408 g/mol. The third-order valence-electron chi connectivity index (χ3n) is 4.20. The number of carbonyl (C=O) groups is 2. The Morgan fingerprint density at radius 3 is 2.45 bits per heavy atom. The molecular weight excluding hydrogens is 388 g/mol. The summed E-state index contributed by atoms with van der Waals surface area (Å²) >= 11 is 6.05. The van der Waals surface area contributed by atoms with Crippen molar-refractivity contribution in [1.29, 1.82) is 0 Å². The Morgan fingerprint density at radius 2 is 1.69 bits per heavy atom. The van der Waals surface area contributed by atoms with Crippen molar-refractivity contribution in [3.8, 4) is 5.75 Å². The Labute approximate surface area is 174 Å². The maximum Gasteiger partial charge on any atom is 0.254 e. The number of para-hydroxylation sites is 1. The van der Waals surface area contributed by atoms with Crippen molar-refractivity contribution < 1.29 is 14.3 Å². The van der Waals surface area contributed by atoms with E-state index in [1.807, 2.05) is 30.3 Å². The molecule has 0 aliphatic heterocycles. The van der Waals surface area contributed by atoms with Crippen molar-refractivity contribution in [1.82, 2.24) is 4.90 Å². The summed E-state index contributed by atoms with van der Waals surface area (Å²) in [5.41, 5.74) is 2.00. The molecule has 0 fully saturated rings. The van der Waals surface area contributed by atoms with E-state index < -0.39 is 0 Å². The van der Waals surface area contributed by atoms with Crippen LogP contribution in [-0.2, 0) is 11.4 Å². The zero-order chi connectivity index (χ0) is 20.6. The predicted octanol–water partition coefficient (Wildman–Crippen LogP) is 4.63. The van der Waals surface area contributed by atoms with Crippen molar-refractivity contribution in [3.63, 3.8) is 0 Å². The summed E-state index contributed by atoms with van der Waals surface area (Å²) in [5, 5.41) is 3.15. The molecule has 0 spiro atoms. The van der Waals surface area contributed by atoms with Crippen LogP contribution in [0.5, 0.6) is 5.75 Å². The minimum absolute atomic E-state index is 0.0981. The molecule has 0 bridgehead atoms. The number of amides is 2. The van der Waals surface area contributed by atoms with Gasteiger partial charge in [0, 0.05) is 12.6 Å². The van der Waals surface area contributed by atoms with Crippen LogP contribution in [0.1, 0.15) is 15.9 Å². The van der Waals surface area contributed by atoms with E-state index in [0.29, 0.717) is 28.6 Å². The molecule has 5 nitrogen and oxygen atoms in total. The second-order valence-corrected chi connectivity index (χ2v) is 6.90. The van der Waals surface area contributed by atoms with Crippen molar-refractivity contribution >= 4 is 29.1 Å². The summed E-state index contributed by atoms with van der Waals surface area (Å²) in [6.07, 6.45) is 0. The van der Waals surface area contributed by atoms with Gasteiger partial charge in [0.15, 0.2) is 0 Å². The van der Waals surface area contributed by atoms with E-state index >= 15 is 0 Å². The number of rotatable bonds is 7. The summed E-state index contributed by atoms with van der Waals surface area (Å²) < 4.78 is 5.77. The van der Waals surface area contributed by atoms with Crippen LogP contribution in [0.2, 0.25) is 5.02 Å². The summed E-state index contributed by atoms with van der Waals surface area (Å²) in [4.78, 5) is 26.3. The van der Waals surface area contributed by atoms with E-state index in [0.717, 1.165) is 5.56 Å². The van der Waals surface area contributed by atoms with Crippen molar-refractivity contribution in [2.45, 2.75) is 6.61 Å². The van der Waals surface area contributed by atoms with Crippen LogP contribution >= 0.6 is 11.6 Å². The molecule has 3 aromatic rings. The van der Waals surface area contributed by atoms with Gasteiger partial charge in [-0.25, -0.2) is 0 Å².